The van der Waals surface area contributed by atoms with E-state index in [1.54, 1.807) is 0 Å². The zero-order valence-electron chi connectivity index (χ0n) is 14.6. The van der Waals surface area contributed by atoms with Gasteiger partial charge in [-0.05, 0) is 24.1 Å². The van der Waals surface area contributed by atoms with Crippen LogP contribution in [0.1, 0.15) is 16.8 Å². The largest absolute Gasteiger partial charge is 0.358 e. The monoisotopic (exact) mass is 350 g/mol. The second-order valence-electron chi connectivity index (χ2n) is 6.27. The molecule has 1 atom stereocenters. The summed E-state index contributed by atoms with van der Waals surface area (Å²) in [5.74, 6) is 4.64. The zero-order valence-corrected chi connectivity index (χ0v) is 14.6. The first-order chi connectivity index (χ1) is 12.6. The molecule has 0 saturated heterocycles. The van der Waals surface area contributed by atoms with Crippen LogP contribution in [-0.2, 0) is 22.4 Å². The van der Waals surface area contributed by atoms with Crippen molar-refractivity contribution in [2.45, 2.75) is 25.8 Å². The molecule has 0 aliphatic heterocycles. The predicted molar refractivity (Wildman–Crippen MR) is 101 cm³/mol. The number of H-pyrrole nitrogens is 1. The molecule has 6 nitrogen and oxygen atoms in total. The highest BCUT2D eigenvalue weighted by Gasteiger charge is 2.21. The molecule has 0 aliphatic rings. The maximum absolute atomic E-state index is 12.6. The first kappa shape index (κ1) is 17.7. The molecule has 26 heavy (non-hydrogen) atoms. The Morgan fingerprint density at radius 1 is 1.08 bits per heavy atom. The SMILES string of the molecule is Cc1[nH]c2ccccc2c1CC(=O)N[C@@H](Cc1ccccc1)C(=O)NN. The lowest BCUT2D eigenvalue weighted by Gasteiger charge is -2.17. The van der Waals surface area contributed by atoms with E-state index in [-0.39, 0.29) is 12.3 Å². The van der Waals surface area contributed by atoms with Crippen molar-refractivity contribution >= 4 is 22.7 Å². The fraction of sp³-hybridized carbons (Fsp3) is 0.200. The summed E-state index contributed by atoms with van der Waals surface area (Å²) in [6, 6.07) is 16.6. The van der Waals surface area contributed by atoms with Gasteiger partial charge in [-0.25, -0.2) is 5.84 Å². The Labute approximate surface area is 151 Å². The van der Waals surface area contributed by atoms with Gasteiger partial charge in [-0.3, -0.25) is 15.0 Å². The topological polar surface area (TPSA) is 100 Å². The van der Waals surface area contributed by atoms with Crippen molar-refractivity contribution in [3.8, 4) is 0 Å². The van der Waals surface area contributed by atoms with E-state index in [4.69, 9.17) is 5.84 Å². The molecule has 134 valence electrons. The summed E-state index contributed by atoms with van der Waals surface area (Å²) >= 11 is 0. The number of para-hydroxylation sites is 1. The number of aromatic nitrogens is 1. The quantitative estimate of drug-likeness (QED) is 0.309. The third-order valence-corrected chi connectivity index (χ3v) is 4.44. The lowest BCUT2D eigenvalue weighted by Crippen LogP contribution is -2.50. The van der Waals surface area contributed by atoms with Crippen molar-refractivity contribution in [1.29, 1.82) is 0 Å². The Hall–Kier alpha value is -3.12. The van der Waals surface area contributed by atoms with Crippen LogP contribution in [0, 0.1) is 6.92 Å². The fourth-order valence-corrected chi connectivity index (χ4v) is 3.13. The molecule has 3 rings (SSSR count). The second kappa shape index (κ2) is 7.84. The van der Waals surface area contributed by atoms with Crippen molar-refractivity contribution in [2.75, 3.05) is 0 Å². The van der Waals surface area contributed by atoms with E-state index in [0.29, 0.717) is 6.42 Å². The van der Waals surface area contributed by atoms with Gasteiger partial charge in [0.05, 0.1) is 6.42 Å². The number of hydrogen-bond donors (Lipinski definition) is 4. The Balaban J connectivity index is 1.75. The number of benzene rings is 2. The molecule has 0 fully saturated rings. The Kier molecular flexibility index (Phi) is 5.34. The lowest BCUT2D eigenvalue weighted by atomic mass is 10.0. The molecule has 1 heterocycles. The van der Waals surface area contributed by atoms with Crippen LogP contribution < -0.4 is 16.6 Å². The number of hydrogen-bond acceptors (Lipinski definition) is 3. The highest BCUT2D eigenvalue weighted by Crippen LogP contribution is 2.22. The van der Waals surface area contributed by atoms with Crippen LogP contribution >= 0.6 is 0 Å². The van der Waals surface area contributed by atoms with Gasteiger partial charge in [-0.15, -0.1) is 0 Å². The van der Waals surface area contributed by atoms with Gasteiger partial charge in [0.1, 0.15) is 6.04 Å². The van der Waals surface area contributed by atoms with Crippen molar-refractivity contribution in [2.24, 2.45) is 5.84 Å². The number of hydrazine groups is 1. The van der Waals surface area contributed by atoms with Gasteiger partial charge < -0.3 is 10.3 Å². The number of nitrogens with two attached hydrogens (primary N) is 1. The number of rotatable bonds is 6. The number of aryl methyl sites for hydroxylation is 1. The summed E-state index contributed by atoms with van der Waals surface area (Å²) in [5.41, 5.74) is 5.96. The van der Waals surface area contributed by atoms with E-state index in [9.17, 15) is 9.59 Å². The maximum atomic E-state index is 12.6. The molecule has 0 radical (unpaired) electrons. The summed E-state index contributed by atoms with van der Waals surface area (Å²) in [6.07, 6.45) is 0.571. The van der Waals surface area contributed by atoms with Crippen LogP contribution in [0.15, 0.2) is 54.6 Å². The third kappa shape index (κ3) is 3.92. The van der Waals surface area contributed by atoms with Gasteiger partial charge in [0.15, 0.2) is 0 Å². The number of amides is 2. The second-order valence-corrected chi connectivity index (χ2v) is 6.27. The molecular weight excluding hydrogens is 328 g/mol. The molecule has 0 unspecified atom stereocenters. The Morgan fingerprint density at radius 3 is 2.50 bits per heavy atom. The van der Waals surface area contributed by atoms with Crippen LogP contribution in [0.25, 0.3) is 10.9 Å². The Bertz CT molecular complexity index is 918. The predicted octanol–water partition coefficient (Wildman–Crippen LogP) is 1.74. The molecule has 0 bridgehead atoms. The van der Waals surface area contributed by atoms with Gasteiger partial charge >= 0.3 is 0 Å². The molecule has 0 saturated carbocycles. The van der Waals surface area contributed by atoms with Crippen molar-refractivity contribution < 1.29 is 9.59 Å². The van der Waals surface area contributed by atoms with E-state index in [1.807, 2.05) is 61.5 Å². The van der Waals surface area contributed by atoms with E-state index < -0.39 is 11.9 Å². The maximum Gasteiger partial charge on any atom is 0.256 e. The molecule has 3 aromatic rings. The first-order valence-electron chi connectivity index (χ1n) is 8.48. The first-order valence-corrected chi connectivity index (χ1v) is 8.48. The normalized spacial score (nSPS) is 11.9. The highest BCUT2D eigenvalue weighted by molar-refractivity contribution is 5.92. The van der Waals surface area contributed by atoms with Crippen LogP contribution in [-0.4, -0.2) is 22.8 Å². The Morgan fingerprint density at radius 2 is 1.77 bits per heavy atom. The zero-order chi connectivity index (χ0) is 18.5. The van der Waals surface area contributed by atoms with E-state index in [0.717, 1.165) is 27.7 Å². The van der Waals surface area contributed by atoms with Gasteiger partial charge in [0, 0.05) is 23.0 Å². The smallest absolute Gasteiger partial charge is 0.256 e. The lowest BCUT2D eigenvalue weighted by molar-refractivity contribution is -0.128. The third-order valence-electron chi connectivity index (χ3n) is 4.44. The summed E-state index contributed by atoms with van der Waals surface area (Å²) in [6.45, 7) is 1.94. The average molecular weight is 350 g/mol. The summed E-state index contributed by atoms with van der Waals surface area (Å²) < 4.78 is 0. The molecule has 2 aromatic carbocycles. The van der Waals surface area contributed by atoms with Gasteiger partial charge in [0.2, 0.25) is 5.91 Å². The van der Waals surface area contributed by atoms with Crippen LogP contribution in [0.5, 0.6) is 0 Å². The molecule has 2 amide bonds. The number of fused-ring (bicyclic) bond motifs is 1. The molecule has 5 N–H and O–H groups in total. The van der Waals surface area contributed by atoms with Crippen molar-refractivity contribution in [3.05, 3.63) is 71.4 Å². The molecule has 6 heteroatoms. The van der Waals surface area contributed by atoms with E-state index in [2.05, 4.69) is 15.7 Å². The summed E-state index contributed by atoms with van der Waals surface area (Å²) in [5, 5.41) is 3.82. The van der Waals surface area contributed by atoms with E-state index >= 15 is 0 Å². The fourth-order valence-electron chi connectivity index (χ4n) is 3.13. The summed E-state index contributed by atoms with van der Waals surface area (Å²) in [4.78, 5) is 27.9. The van der Waals surface area contributed by atoms with Gasteiger partial charge in [-0.2, -0.15) is 0 Å². The number of nitrogens with one attached hydrogen (secondary N) is 3. The van der Waals surface area contributed by atoms with Gasteiger partial charge in [-0.1, -0.05) is 48.5 Å². The minimum absolute atomic E-state index is 0.193. The highest BCUT2D eigenvalue weighted by atomic mass is 16.2. The molecular formula is C20H22N4O2. The van der Waals surface area contributed by atoms with Crippen LogP contribution in [0.3, 0.4) is 0 Å². The molecule has 0 spiro atoms. The van der Waals surface area contributed by atoms with Gasteiger partial charge in [0.25, 0.3) is 5.91 Å². The van der Waals surface area contributed by atoms with E-state index in [1.165, 1.54) is 0 Å². The minimum atomic E-state index is -0.722. The van der Waals surface area contributed by atoms with Crippen molar-refractivity contribution in [3.63, 3.8) is 0 Å². The standard InChI is InChI=1S/C20H22N4O2/c1-13-16(15-9-5-6-10-17(15)22-13)12-19(25)23-18(20(26)24-21)11-14-7-3-2-4-8-14/h2-10,18,22H,11-12,21H2,1H3,(H,23,25)(H,24,26)/t18-/m0/s1. The van der Waals surface area contributed by atoms with Crippen molar-refractivity contribution in [1.82, 2.24) is 15.7 Å². The number of carbonyl (C=O) groups excluding carboxylic acids is 2. The molecule has 1 aromatic heterocycles. The molecule has 0 aliphatic carbocycles. The average Bonchev–Trinajstić information content (AvgIpc) is 2.97. The van der Waals surface area contributed by atoms with Crippen LogP contribution in [0.4, 0.5) is 0 Å². The number of aromatic amines is 1. The summed E-state index contributed by atoms with van der Waals surface area (Å²) in [7, 11) is 0. The minimum Gasteiger partial charge on any atom is -0.358 e. The number of carbonyl (C=O) groups is 2. The van der Waals surface area contributed by atoms with Crippen LogP contribution in [0.2, 0.25) is 0 Å².